The zero-order valence-corrected chi connectivity index (χ0v) is 12.4. The van der Waals surface area contributed by atoms with Gasteiger partial charge in [-0.15, -0.1) is 0 Å². The summed E-state index contributed by atoms with van der Waals surface area (Å²) in [6.45, 7) is 4.63. The molecule has 1 aromatic heterocycles. The number of urea groups is 1. The van der Waals surface area contributed by atoms with E-state index in [4.69, 9.17) is 9.26 Å². The molecule has 0 atom stereocenters. The molecule has 1 aromatic carbocycles. The summed E-state index contributed by atoms with van der Waals surface area (Å²) in [4.78, 5) is 13.7. The molecule has 2 rings (SSSR count). The lowest BCUT2D eigenvalue weighted by molar-refractivity contribution is 0.219. The normalized spacial score (nSPS) is 10.2. The first-order valence-electron chi connectivity index (χ1n) is 6.76. The molecule has 0 spiro atoms. The van der Waals surface area contributed by atoms with Gasteiger partial charge < -0.3 is 19.5 Å². The van der Waals surface area contributed by atoms with Crippen LogP contribution in [-0.4, -0.2) is 29.7 Å². The summed E-state index contributed by atoms with van der Waals surface area (Å²) >= 11 is 0. The van der Waals surface area contributed by atoms with Crippen molar-refractivity contribution in [1.29, 1.82) is 0 Å². The number of rotatable bonds is 5. The number of hydrogen-bond acceptors (Lipinski definition) is 4. The summed E-state index contributed by atoms with van der Waals surface area (Å²) in [5.74, 6) is 1.37. The molecule has 0 saturated carbocycles. The van der Waals surface area contributed by atoms with Crippen molar-refractivity contribution in [3.05, 3.63) is 41.8 Å². The quantitative estimate of drug-likeness (QED) is 0.918. The number of benzene rings is 1. The van der Waals surface area contributed by atoms with Gasteiger partial charge >= 0.3 is 6.03 Å². The number of ether oxygens (including phenoxy) is 1. The lowest BCUT2D eigenvalue weighted by atomic mass is 10.3. The average molecular weight is 289 g/mol. The lowest BCUT2D eigenvalue weighted by Gasteiger charge is -2.18. The molecule has 1 N–H and O–H groups in total. The second-order valence-electron chi connectivity index (χ2n) is 4.64. The summed E-state index contributed by atoms with van der Waals surface area (Å²) in [7, 11) is 1.70. The summed E-state index contributed by atoms with van der Waals surface area (Å²) < 4.78 is 10.5. The minimum atomic E-state index is -0.234. The summed E-state index contributed by atoms with van der Waals surface area (Å²) in [6.07, 6.45) is 0. The number of carbonyl (C=O) groups is 1. The molecule has 0 unspecified atom stereocenters. The van der Waals surface area contributed by atoms with Crippen LogP contribution < -0.4 is 10.1 Å². The highest BCUT2D eigenvalue weighted by atomic mass is 16.5. The Morgan fingerprint density at radius 2 is 2.19 bits per heavy atom. The first-order valence-corrected chi connectivity index (χ1v) is 6.76. The Hall–Kier alpha value is -2.50. The number of aromatic nitrogens is 1. The molecule has 2 amide bonds. The molecule has 0 bridgehead atoms. The van der Waals surface area contributed by atoms with E-state index in [-0.39, 0.29) is 6.03 Å². The van der Waals surface area contributed by atoms with E-state index in [1.165, 1.54) is 4.90 Å². The van der Waals surface area contributed by atoms with Gasteiger partial charge in [0.1, 0.15) is 17.2 Å². The third-order valence-corrected chi connectivity index (χ3v) is 2.85. The van der Waals surface area contributed by atoms with Gasteiger partial charge in [0.15, 0.2) is 0 Å². The number of nitrogens with zero attached hydrogens (tertiary/aromatic N) is 2. The van der Waals surface area contributed by atoms with Gasteiger partial charge in [-0.3, -0.25) is 0 Å². The van der Waals surface area contributed by atoms with Crippen LogP contribution in [-0.2, 0) is 6.54 Å². The summed E-state index contributed by atoms with van der Waals surface area (Å²) in [5.41, 5.74) is 1.36. The van der Waals surface area contributed by atoms with Gasteiger partial charge in [-0.1, -0.05) is 17.3 Å². The van der Waals surface area contributed by atoms with E-state index in [0.29, 0.717) is 30.3 Å². The van der Waals surface area contributed by atoms with Crippen molar-refractivity contribution >= 4 is 11.7 Å². The molecule has 2 aromatic rings. The molecule has 0 aliphatic rings. The first-order chi connectivity index (χ1) is 10.1. The number of aryl methyl sites for hydroxylation is 1. The number of amides is 2. The largest absolute Gasteiger partial charge is 0.492 e. The Bertz CT molecular complexity index is 610. The van der Waals surface area contributed by atoms with Crippen molar-refractivity contribution in [1.82, 2.24) is 10.1 Å². The molecular weight excluding hydrogens is 270 g/mol. The highest BCUT2D eigenvalue weighted by Gasteiger charge is 2.13. The summed E-state index contributed by atoms with van der Waals surface area (Å²) in [5, 5.41) is 6.70. The van der Waals surface area contributed by atoms with E-state index < -0.39 is 0 Å². The van der Waals surface area contributed by atoms with Gasteiger partial charge in [-0.05, 0) is 26.0 Å². The van der Waals surface area contributed by atoms with Crippen molar-refractivity contribution in [2.45, 2.75) is 20.4 Å². The molecule has 0 fully saturated rings. The lowest BCUT2D eigenvalue weighted by Crippen LogP contribution is -2.31. The molecule has 0 saturated heterocycles. The maximum absolute atomic E-state index is 12.2. The predicted molar refractivity (Wildman–Crippen MR) is 79.3 cm³/mol. The zero-order chi connectivity index (χ0) is 15.2. The fourth-order valence-electron chi connectivity index (χ4n) is 1.87. The van der Waals surface area contributed by atoms with Crippen molar-refractivity contribution in [2.75, 3.05) is 19.0 Å². The van der Waals surface area contributed by atoms with Gasteiger partial charge in [0.25, 0.3) is 0 Å². The Kier molecular flexibility index (Phi) is 4.81. The van der Waals surface area contributed by atoms with E-state index >= 15 is 0 Å². The van der Waals surface area contributed by atoms with Crippen molar-refractivity contribution in [3.8, 4) is 5.75 Å². The molecule has 0 aliphatic heterocycles. The van der Waals surface area contributed by atoms with Crippen LogP contribution in [0, 0.1) is 6.92 Å². The molecule has 0 aliphatic carbocycles. The molecule has 1 heterocycles. The number of nitrogens with one attached hydrogen (secondary N) is 1. The fourth-order valence-corrected chi connectivity index (χ4v) is 1.87. The fraction of sp³-hybridized carbons (Fsp3) is 0.333. The van der Waals surface area contributed by atoms with Gasteiger partial charge in [0.05, 0.1) is 18.8 Å². The van der Waals surface area contributed by atoms with E-state index in [2.05, 4.69) is 10.5 Å². The van der Waals surface area contributed by atoms with Gasteiger partial charge in [-0.25, -0.2) is 4.79 Å². The van der Waals surface area contributed by atoms with Gasteiger partial charge in [0.2, 0.25) is 0 Å². The third kappa shape index (κ3) is 3.98. The van der Waals surface area contributed by atoms with Crippen molar-refractivity contribution in [2.24, 2.45) is 0 Å². The Morgan fingerprint density at radius 3 is 2.86 bits per heavy atom. The minimum absolute atomic E-state index is 0.234. The van der Waals surface area contributed by atoms with Crippen LogP contribution in [0.1, 0.15) is 18.4 Å². The van der Waals surface area contributed by atoms with E-state index in [0.717, 1.165) is 5.76 Å². The van der Waals surface area contributed by atoms with Gasteiger partial charge in [0, 0.05) is 13.1 Å². The Balaban J connectivity index is 2.00. The first kappa shape index (κ1) is 14.9. The second kappa shape index (κ2) is 6.78. The standard InChI is InChI=1S/C15H19N3O3/c1-4-20-14-8-6-5-7-13(14)16-15(19)18(3)10-12-9-11(2)21-17-12/h5-9H,4,10H2,1-3H3,(H,16,19). The van der Waals surface area contributed by atoms with Crippen molar-refractivity contribution in [3.63, 3.8) is 0 Å². The second-order valence-corrected chi connectivity index (χ2v) is 4.64. The SMILES string of the molecule is CCOc1ccccc1NC(=O)N(C)Cc1cc(C)on1. The smallest absolute Gasteiger partial charge is 0.322 e. The van der Waals surface area contributed by atoms with Crippen LogP contribution in [0.4, 0.5) is 10.5 Å². The highest BCUT2D eigenvalue weighted by Crippen LogP contribution is 2.24. The maximum atomic E-state index is 12.2. The van der Waals surface area contributed by atoms with Crippen LogP contribution in [0.2, 0.25) is 0 Å². The minimum Gasteiger partial charge on any atom is -0.492 e. The predicted octanol–water partition coefficient (Wildman–Crippen LogP) is 3.05. The number of anilines is 1. The highest BCUT2D eigenvalue weighted by molar-refractivity contribution is 5.90. The van der Waals surface area contributed by atoms with E-state index in [1.54, 1.807) is 19.2 Å². The van der Waals surface area contributed by atoms with Crippen LogP contribution in [0.25, 0.3) is 0 Å². The summed E-state index contributed by atoms with van der Waals surface area (Å²) in [6, 6.07) is 8.90. The van der Waals surface area contributed by atoms with Gasteiger partial charge in [-0.2, -0.15) is 0 Å². The van der Waals surface area contributed by atoms with E-state index in [1.807, 2.05) is 32.0 Å². The third-order valence-electron chi connectivity index (χ3n) is 2.85. The zero-order valence-electron chi connectivity index (χ0n) is 12.4. The van der Waals surface area contributed by atoms with Crippen molar-refractivity contribution < 1.29 is 14.1 Å². The van der Waals surface area contributed by atoms with E-state index in [9.17, 15) is 4.79 Å². The molecule has 6 nitrogen and oxygen atoms in total. The Morgan fingerprint density at radius 1 is 1.43 bits per heavy atom. The molecular formula is C15H19N3O3. The monoisotopic (exact) mass is 289 g/mol. The molecule has 21 heavy (non-hydrogen) atoms. The average Bonchev–Trinajstić information content (AvgIpc) is 2.86. The van der Waals surface area contributed by atoms with Crippen LogP contribution in [0.3, 0.4) is 0 Å². The number of carbonyl (C=O) groups excluding carboxylic acids is 1. The Labute approximate surface area is 123 Å². The van der Waals surface area contributed by atoms with Crippen LogP contribution >= 0.6 is 0 Å². The molecule has 112 valence electrons. The van der Waals surface area contributed by atoms with Crippen LogP contribution in [0.15, 0.2) is 34.9 Å². The number of para-hydroxylation sites is 2. The molecule has 6 heteroatoms. The maximum Gasteiger partial charge on any atom is 0.322 e. The van der Waals surface area contributed by atoms with Crippen LogP contribution in [0.5, 0.6) is 5.75 Å². The number of hydrogen-bond donors (Lipinski definition) is 1. The topological polar surface area (TPSA) is 67.6 Å². The molecule has 0 radical (unpaired) electrons.